The lowest BCUT2D eigenvalue weighted by atomic mass is 9.73. The second kappa shape index (κ2) is 10.3. The number of nitrogens with two attached hydrogens (primary N) is 1. The molecule has 3 aromatic rings. The topological polar surface area (TPSA) is 129 Å². The number of anilines is 1. The first-order valence-corrected chi connectivity index (χ1v) is 10.8. The molecule has 0 saturated carbocycles. The summed E-state index contributed by atoms with van der Waals surface area (Å²) in [5, 5.41) is 17.0. The molecule has 170 valence electrons. The van der Waals surface area contributed by atoms with E-state index in [0.717, 1.165) is 22.3 Å². The maximum atomic E-state index is 8.79. The molecule has 8 heteroatoms. The molecule has 1 aliphatic heterocycles. The van der Waals surface area contributed by atoms with Gasteiger partial charge >= 0.3 is 5.90 Å². The summed E-state index contributed by atoms with van der Waals surface area (Å²) < 4.78 is 11.2. The van der Waals surface area contributed by atoms with E-state index in [1.165, 1.54) is 0 Å². The summed E-state index contributed by atoms with van der Waals surface area (Å²) in [6, 6.07) is 17.8. The molecule has 0 radical (unpaired) electrons. The van der Waals surface area contributed by atoms with Gasteiger partial charge in [-0.1, -0.05) is 54.6 Å². The molecular formula is C25H28N5O3+. The number of hydrogen-bond acceptors (Lipinski definition) is 6. The van der Waals surface area contributed by atoms with Crippen molar-refractivity contribution in [2.75, 3.05) is 25.6 Å². The molecule has 2 aromatic carbocycles. The lowest BCUT2D eigenvalue weighted by Gasteiger charge is -2.36. The van der Waals surface area contributed by atoms with Crippen molar-refractivity contribution in [3.8, 4) is 11.1 Å². The van der Waals surface area contributed by atoms with Crippen molar-refractivity contribution >= 4 is 17.7 Å². The Kier molecular flexibility index (Phi) is 7.07. The number of benzene rings is 2. The van der Waals surface area contributed by atoms with Crippen molar-refractivity contribution in [1.29, 1.82) is 5.41 Å². The molecule has 0 spiro atoms. The van der Waals surface area contributed by atoms with E-state index < -0.39 is 5.41 Å². The molecule has 0 aliphatic carbocycles. The Morgan fingerprint density at radius 2 is 1.70 bits per heavy atom. The number of nitrogen functional groups attached to an aromatic ring is 1. The number of hydrogen-bond donors (Lipinski definition) is 2. The molecule has 0 bridgehead atoms. The summed E-state index contributed by atoms with van der Waals surface area (Å²) in [6.45, 7) is 1.55. The Morgan fingerprint density at radius 1 is 1.03 bits per heavy atom. The number of aromatic nitrogens is 2. The van der Waals surface area contributed by atoms with Crippen molar-refractivity contribution in [3.05, 3.63) is 78.1 Å². The first-order chi connectivity index (χ1) is 16.1. The molecule has 5 N–H and O–H groups in total. The van der Waals surface area contributed by atoms with Crippen LogP contribution >= 0.6 is 0 Å². The van der Waals surface area contributed by atoms with Gasteiger partial charge in [-0.05, 0) is 29.5 Å². The molecule has 0 amide bonds. The van der Waals surface area contributed by atoms with Crippen LogP contribution in [0, 0.1) is 5.41 Å². The number of nitrogens with one attached hydrogen (secondary N) is 1. The minimum Gasteiger partial charge on any atom is -0.580 e. The zero-order valence-corrected chi connectivity index (χ0v) is 18.3. The zero-order chi connectivity index (χ0) is 23.1. The maximum Gasteiger partial charge on any atom is 0.359 e. The highest BCUT2D eigenvalue weighted by Gasteiger charge is 2.39. The van der Waals surface area contributed by atoms with Gasteiger partial charge in [-0.25, -0.2) is 9.97 Å². The fourth-order valence-corrected chi connectivity index (χ4v) is 3.96. The lowest BCUT2D eigenvalue weighted by Crippen LogP contribution is -2.40. The second-order valence-electron chi connectivity index (χ2n) is 7.99. The highest BCUT2D eigenvalue weighted by molar-refractivity contribution is 5.99. The summed E-state index contributed by atoms with van der Waals surface area (Å²) in [7, 11) is 0. The molecule has 1 aliphatic rings. The van der Waals surface area contributed by atoms with Crippen molar-refractivity contribution in [2.45, 2.75) is 24.9 Å². The number of rotatable bonds is 7. The monoisotopic (exact) mass is 446 g/mol. The maximum absolute atomic E-state index is 8.79. The summed E-state index contributed by atoms with van der Waals surface area (Å²) in [5.41, 5.74) is 8.84. The smallest absolute Gasteiger partial charge is 0.359 e. The predicted octanol–water partition coefficient (Wildman–Crippen LogP) is 3.09. The highest BCUT2D eigenvalue weighted by atomic mass is 16.5. The molecule has 33 heavy (non-hydrogen) atoms. The first kappa shape index (κ1) is 22.6. The molecule has 0 atom stereocenters. The average molecular weight is 447 g/mol. The van der Waals surface area contributed by atoms with E-state index in [9.17, 15) is 0 Å². The molecule has 1 fully saturated rings. The minimum absolute atomic E-state index is 0.0393. The normalized spacial score (nSPS) is 15.8. The summed E-state index contributed by atoms with van der Waals surface area (Å²) in [4.78, 5) is 12.4. The Bertz CT molecular complexity index is 1090. The van der Waals surface area contributed by atoms with Crippen LogP contribution in [-0.2, 0) is 21.5 Å². The minimum atomic E-state index is -0.597. The number of nitrogens with zero attached hydrogens (tertiary/aromatic N) is 3. The number of aliphatic imine (C=N–C) groups is 1. The number of amidine groups is 1. The number of ether oxygens (including phenoxy) is 2. The van der Waals surface area contributed by atoms with E-state index in [2.05, 4.69) is 15.0 Å². The third-order valence-electron chi connectivity index (χ3n) is 5.84. The Labute approximate surface area is 192 Å². The largest absolute Gasteiger partial charge is 0.580 e. The molecule has 1 saturated heterocycles. The summed E-state index contributed by atoms with van der Waals surface area (Å²) in [5.74, 6) is 0.446. The summed E-state index contributed by atoms with van der Waals surface area (Å²) >= 11 is 0. The predicted molar refractivity (Wildman–Crippen MR) is 128 cm³/mol. The molecule has 0 unspecified atom stereocenters. The molecular weight excluding hydrogens is 418 g/mol. The van der Waals surface area contributed by atoms with E-state index >= 15 is 0 Å². The van der Waals surface area contributed by atoms with Gasteiger partial charge in [0, 0.05) is 31.2 Å². The first-order valence-electron chi connectivity index (χ1n) is 10.8. The average Bonchev–Trinajstić information content (AvgIpc) is 2.86. The van der Waals surface area contributed by atoms with Crippen LogP contribution in [0.15, 0.2) is 72.0 Å². The van der Waals surface area contributed by atoms with Crippen molar-refractivity contribution < 1.29 is 14.6 Å². The van der Waals surface area contributed by atoms with Crippen molar-refractivity contribution in [3.63, 3.8) is 0 Å². The fraction of sp³-hybridized carbons (Fsp3) is 0.280. The molecule has 2 heterocycles. The van der Waals surface area contributed by atoms with Crippen molar-refractivity contribution in [2.24, 2.45) is 4.99 Å². The van der Waals surface area contributed by atoms with Crippen LogP contribution in [0.5, 0.6) is 0 Å². The van der Waals surface area contributed by atoms with Crippen LogP contribution in [-0.4, -0.2) is 46.6 Å². The van der Waals surface area contributed by atoms with Gasteiger partial charge in [0.25, 0.3) is 0 Å². The van der Waals surface area contributed by atoms with Gasteiger partial charge < -0.3 is 20.3 Å². The highest BCUT2D eigenvalue weighted by Crippen LogP contribution is 2.37. The van der Waals surface area contributed by atoms with Crippen molar-refractivity contribution in [1.82, 2.24) is 9.97 Å². The lowest BCUT2D eigenvalue weighted by molar-refractivity contribution is 0.0702. The van der Waals surface area contributed by atoms with E-state index in [-0.39, 0.29) is 24.3 Å². The van der Waals surface area contributed by atoms with Crippen LogP contribution in [0.3, 0.4) is 0 Å². The SMILES string of the molecule is N=C(N=C([OH2+])COCc1ccccc1)C1(c2ccc(-c3cnc(N)nc3)cc2)CCOCC1. The van der Waals surface area contributed by atoms with Gasteiger partial charge in [-0.15, -0.1) is 0 Å². The van der Waals surface area contributed by atoms with Crippen LogP contribution < -0.4 is 5.73 Å². The Balaban J connectivity index is 1.49. The van der Waals surface area contributed by atoms with E-state index in [4.69, 9.17) is 25.7 Å². The van der Waals surface area contributed by atoms with Crippen LogP contribution in [0.1, 0.15) is 24.0 Å². The molecule has 8 nitrogen and oxygen atoms in total. The fourth-order valence-electron chi connectivity index (χ4n) is 3.96. The third kappa shape index (κ3) is 5.42. The quantitative estimate of drug-likeness (QED) is 0.327. The van der Waals surface area contributed by atoms with Gasteiger partial charge in [-0.2, -0.15) is 4.99 Å². The standard InChI is InChI=1S/C25H27N5O3/c26-23(30-22(31)17-33-16-18-4-2-1-3-5-18)25(10-12-32-13-11-25)21-8-6-19(7-9-21)20-14-28-24(27)29-15-20/h1-9,14-15H,10-13,16-17H2,(H2,26,30,31)(H2,27,28,29)/p+1. The van der Waals surface area contributed by atoms with Gasteiger partial charge in [0.1, 0.15) is 5.84 Å². The third-order valence-corrected chi connectivity index (χ3v) is 5.84. The second-order valence-corrected chi connectivity index (χ2v) is 7.99. The molecule has 4 rings (SSSR count). The van der Waals surface area contributed by atoms with E-state index in [0.29, 0.717) is 32.7 Å². The molecule has 1 aromatic heterocycles. The van der Waals surface area contributed by atoms with Gasteiger partial charge in [-0.3, -0.25) is 5.41 Å². The van der Waals surface area contributed by atoms with Crippen LogP contribution in [0.25, 0.3) is 11.1 Å². The Morgan fingerprint density at radius 3 is 2.36 bits per heavy atom. The van der Waals surface area contributed by atoms with Crippen LogP contribution in [0.4, 0.5) is 5.95 Å². The zero-order valence-electron chi connectivity index (χ0n) is 18.3. The van der Waals surface area contributed by atoms with Gasteiger partial charge in [0.15, 0.2) is 6.61 Å². The van der Waals surface area contributed by atoms with Gasteiger partial charge in [0.2, 0.25) is 5.95 Å². The Hall–Kier alpha value is -3.62. The van der Waals surface area contributed by atoms with E-state index in [1.807, 2.05) is 54.6 Å². The summed E-state index contributed by atoms with van der Waals surface area (Å²) in [6.07, 6.45) is 4.65. The van der Waals surface area contributed by atoms with Crippen LogP contribution in [0.2, 0.25) is 0 Å². The van der Waals surface area contributed by atoms with Gasteiger partial charge in [0.05, 0.1) is 12.0 Å². The van der Waals surface area contributed by atoms with E-state index in [1.54, 1.807) is 12.4 Å².